The summed E-state index contributed by atoms with van der Waals surface area (Å²) in [6.45, 7) is 0. The predicted octanol–water partition coefficient (Wildman–Crippen LogP) is 3.44. The second-order valence-electron chi connectivity index (χ2n) is 4.27. The van der Waals surface area contributed by atoms with Gasteiger partial charge in [0.05, 0.1) is 16.6 Å². The maximum Gasteiger partial charge on any atom is 0.283 e. The Morgan fingerprint density at radius 1 is 1.05 bits per heavy atom. The molecule has 0 atom stereocenters. The molecule has 0 saturated carbocycles. The van der Waals surface area contributed by atoms with Crippen molar-refractivity contribution in [2.24, 2.45) is 0 Å². The number of carbonyl (C=O) groups excluding carboxylic acids is 1. The van der Waals surface area contributed by atoms with Gasteiger partial charge >= 0.3 is 0 Å². The van der Waals surface area contributed by atoms with Crippen molar-refractivity contribution in [3.63, 3.8) is 0 Å². The fourth-order valence-corrected chi connectivity index (χ4v) is 1.79. The Bertz CT molecular complexity index is 714. The Morgan fingerprint density at radius 2 is 1.62 bits per heavy atom. The minimum atomic E-state index is -1.40. The zero-order valence-corrected chi connectivity index (χ0v) is 10.5. The smallest absolute Gasteiger partial charge is 0.283 e. The number of halogens is 3. The molecule has 2 aromatic rings. The Kier molecular flexibility index (Phi) is 4.02. The van der Waals surface area contributed by atoms with E-state index in [2.05, 4.69) is 0 Å². The van der Waals surface area contributed by atoms with Crippen LogP contribution in [-0.2, 0) is 6.42 Å². The van der Waals surface area contributed by atoms with Crippen molar-refractivity contribution >= 4 is 11.5 Å². The SMILES string of the molecule is O=C(Cc1ccc(F)cc1)c1cc(F)c(F)cc1[N+](=O)[O-]. The summed E-state index contributed by atoms with van der Waals surface area (Å²) in [5, 5.41) is 10.8. The summed E-state index contributed by atoms with van der Waals surface area (Å²) < 4.78 is 38.9. The van der Waals surface area contributed by atoms with Gasteiger partial charge in [-0.15, -0.1) is 0 Å². The maximum absolute atomic E-state index is 13.2. The first-order valence-electron chi connectivity index (χ1n) is 5.79. The minimum absolute atomic E-state index is 0.286. The molecule has 0 heterocycles. The van der Waals surface area contributed by atoms with E-state index in [1.54, 1.807) is 0 Å². The number of nitro groups is 1. The lowest BCUT2D eigenvalue weighted by Gasteiger charge is -2.04. The number of Topliss-reactive ketones (excluding diaryl/α,β-unsaturated/α-hetero) is 1. The first kappa shape index (κ1) is 14.7. The summed E-state index contributed by atoms with van der Waals surface area (Å²) in [7, 11) is 0. The zero-order valence-electron chi connectivity index (χ0n) is 10.5. The third-order valence-corrected chi connectivity index (χ3v) is 2.81. The number of rotatable bonds is 4. The lowest BCUT2D eigenvalue weighted by molar-refractivity contribution is -0.385. The molecule has 0 saturated heterocycles. The van der Waals surface area contributed by atoms with Crippen LogP contribution in [0.4, 0.5) is 18.9 Å². The summed E-state index contributed by atoms with van der Waals surface area (Å²) in [6, 6.07) is 5.79. The lowest BCUT2D eigenvalue weighted by atomic mass is 10.0. The van der Waals surface area contributed by atoms with Crippen LogP contribution in [0.2, 0.25) is 0 Å². The fourth-order valence-electron chi connectivity index (χ4n) is 1.79. The molecule has 0 radical (unpaired) electrons. The van der Waals surface area contributed by atoms with Gasteiger partial charge in [0, 0.05) is 6.42 Å². The van der Waals surface area contributed by atoms with Gasteiger partial charge in [-0.05, 0) is 23.8 Å². The van der Waals surface area contributed by atoms with Crippen LogP contribution in [0.25, 0.3) is 0 Å². The van der Waals surface area contributed by atoms with Gasteiger partial charge in [-0.1, -0.05) is 12.1 Å². The average molecular weight is 295 g/mol. The van der Waals surface area contributed by atoms with E-state index in [1.807, 2.05) is 0 Å². The molecule has 0 aliphatic rings. The standard InChI is InChI=1S/C14H8F3NO3/c15-9-3-1-8(2-4-9)5-14(19)10-6-11(16)12(17)7-13(10)18(20)21/h1-4,6-7H,5H2. The third kappa shape index (κ3) is 3.25. The van der Waals surface area contributed by atoms with Crippen molar-refractivity contribution in [3.8, 4) is 0 Å². The van der Waals surface area contributed by atoms with Crippen molar-refractivity contribution in [2.45, 2.75) is 6.42 Å². The van der Waals surface area contributed by atoms with Crippen molar-refractivity contribution in [1.82, 2.24) is 0 Å². The number of ketones is 1. The molecule has 0 spiro atoms. The van der Waals surface area contributed by atoms with Crippen molar-refractivity contribution in [3.05, 3.63) is 75.1 Å². The Morgan fingerprint density at radius 3 is 2.19 bits per heavy atom. The summed E-state index contributed by atoms with van der Waals surface area (Å²) >= 11 is 0. The van der Waals surface area contributed by atoms with Gasteiger partial charge < -0.3 is 0 Å². The van der Waals surface area contributed by atoms with Gasteiger partial charge in [-0.2, -0.15) is 0 Å². The molecule has 0 fully saturated rings. The molecule has 21 heavy (non-hydrogen) atoms. The lowest BCUT2D eigenvalue weighted by Crippen LogP contribution is -2.08. The molecular weight excluding hydrogens is 287 g/mol. The van der Waals surface area contributed by atoms with Gasteiger partial charge in [0.2, 0.25) is 0 Å². The van der Waals surface area contributed by atoms with Crippen LogP contribution >= 0.6 is 0 Å². The number of nitro benzene ring substituents is 1. The van der Waals surface area contributed by atoms with Crippen LogP contribution in [0, 0.1) is 27.6 Å². The van der Waals surface area contributed by atoms with E-state index in [-0.39, 0.29) is 6.42 Å². The van der Waals surface area contributed by atoms with Crippen molar-refractivity contribution in [1.29, 1.82) is 0 Å². The molecule has 2 rings (SSSR count). The van der Waals surface area contributed by atoms with Crippen molar-refractivity contribution < 1.29 is 22.9 Å². The first-order valence-corrected chi connectivity index (χ1v) is 5.79. The van der Waals surface area contributed by atoms with Crippen LogP contribution in [0.1, 0.15) is 15.9 Å². The van der Waals surface area contributed by atoms with E-state index in [0.29, 0.717) is 17.7 Å². The Labute approximate surface area is 117 Å². The Balaban J connectivity index is 2.36. The maximum atomic E-state index is 13.2. The second-order valence-corrected chi connectivity index (χ2v) is 4.27. The molecule has 0 aliphatic heterocycles. The molecule has 4 nitrogen and oxygen atoms in total. The van der Waals surface area contributed by atoms with Crippen LogP contribution in [0.15, 0.2) is 36.4 Å². The number of hydrogen-bond acceptors (Lipinski definition) is 3. The largest absolute Gasteiger partial charge is 0.294 e. The zero-order chi connectivity index (χ0) is 15.6. The molecule has 2 aromatic carbocycles. The summed E-state index contributed by atoms with van der Waals surface area (Å²) in [6.07, 6.45) is -0.286. The average Bonchev–Trinajstić information content (AvgIpc) is 2.43. The molecule has 7 heteroatoms. The molecule has 108 valence electrons. The highest BCUT2D eigenvalue weighted by Gasteiger charge is 2.23. The second kappa shape index (κ2) is 5.74. The van der Waals surface area contributed by atoms with Gasteiger partial charge in [-0.3, -0.25) is 14.9 Å². The quantitative estimate of drug-likeness (QED) is 0.493. The highest BCUT2D eigenvalue weighted by Crippen LogP contribution is 2.24. The van der Waals surface area contributed by atoms with Crippen LogP contribution in [0.3, 0.4) is 0 Å². The molecular formula is C14H8F3NO3. The van der Waals surface area contributed by atoms with Gasteiger partial charge in [0.1, 0.15) is 5.82 Å². The van der Waals surface area contributed by atoms with E-state index >= 15 is 0 Å². The fraction of sp³-hybridized carbons (Fsp3) is 0.0714. The molecule has 0 bridgehead atoms. The minimum Gasteiger partial charge on any atom is -0.294 e. The molecule has 0 unspecified atom stereocenters. The van der Waals surface area contributed by atoms with E-state index in [0.717, 1.165) is 12.1 Å². The third-order valence-electron chi connectivity index (χ3n) is 2.81. The van der Waals surface area contributed by atoms with Crippen molar-refractivity contribution in [2.75, 3.05) is 0 Å². The van der Waals surface area contributed by atoms with Crippen LogP contribution < -0.4 is 0 Å². The first-order chi connectivity index (χ1) is 9.88. The van der Waals surface area contributed by atoms with E-state index < -0.39 is 39.4 Å². The van der Waals surface area contributed by atoms with E-state index in [4.69, 9.17) is 0 Å². The molecule has 0 amide bonds. The summed E-state index contributed by atoms with van der Waals surface area (Å²) in [4.78, 5) is 21.8. The van der Waals surface area contributed by atoms with Gasteiger partial charge in [-0.25, -0.2) is 13.2 Å². The molecule has 0 aliphatic carbocycles. The summed E-state index contributed by atoms with van der Waals surface area (Å²) in [5.41, 5.74) is -0.926. The Hall–Kier alpha value is -2.70. The number of hydrogen-bond donors (Lipinski definition) is 0. The highest BCUT2D eigenvalue weighted by atomic mass is 19.2. The van der Waals surface area contributed by atoms with Gasteiger partial charge in [0.15, 0.2) is 17.4 Å². The predicted molar refractivity (Wildman–Crippen MR) is 67.4 cm³/mol. The highest BCUT2D eigenvalue weighted by molar-refractivity contribution is 6.01. The number of benzene rings is 2. The van der Waals surface area contributed by atoms with Crippen LogP contribution in [-0.4, -0.2) is 10.7 Å². The van der Waals surface area contributed by atoms with Gasteiger partial charge in [0.25, 0.3) is 5.69 Å². The van der Waals surface area contributed by atoms with E-state index in [1.165, 1.54) is 12.1 Å². The number of carbonyl (C=O) groups is 1. The van der Waals surface area contributed by atoms with E-state index in [9.17, 15) is 28.1 Å². The molecule has 0 N–H and O–H groups in total. The monoisotopic (exact) mass is 295 g/mol. The summed E-state index contributed by atoms with van der Waals surface area (Å²) in [5.74, 6) is -4.00. The topological polar surface area (TPSA) is 60.2 Å². The van der Waals surface area contributed by atoms with Crippen LogP contribution in [0.5, 0.6) is 0 Å². The molecule has 0 aromatic heterocycles. The number of nitrogens with zero attached hydrogens (tertiary/aromatic N) is 1. The normalized spacial score (nSPS) is 10.4.